The summed E-state index contributed by atoms with van der Waals surface area (Å²) in [5, 5.41) is 0.580. The molecule has 1 atom stereocenters. The van der Waals surface area contributed by atoms with Crippen LogP contribution in [0.5, 0.6) is 0 Å². The summed E-state index contributed by atoms with van der Waals surface area (Å²) in [5.41, 5.74) is 0.121. The number of benzene rings is 1. The maximum absolute atomic E-state index is 12.5. The van der Waals surface area contributed by atoms with E-state index in [-0.39, 0.29) is 11.2 Å². The smallest absolute Gasteiger partial charge is 0.307 e. The third-order valence-electron chi connectivity index (χ3n) is 4.94. The SMILES string of the molecule is CCC1CCCCN1CCCn1c(=O)[nH]c2ccccc2c1=O. The zero-order valence-electron chi connectivity index (χ0n) is 13.8. The Morgan fingerprint density at radius 1 is 1.17 bits per heavy atom. The first-order chi connectivity index (χ1) is 11.2. The number of likely N-dealkylation sites (tertiary alicyclic amines) is 1. The molecule has 1 saturated heterocycles. The minimum absolute atomic E-state index is 0.185. The predicted octanol–water partition coefficient (Wildman–Crippen LogP) is 2.34. The van der Waals surface area contributed by atoms with E-state index >= 15 is 0 Å². The van der Waals surface area contributed by atoms with Gasteiger partial charge in [-0.2, -0.15) is 0 Å². The molecule has 1 fully saturated rings. The molecule has 1 N–H and O–H groups in total. The lowest BCUT2D eigenvalue weighted by atomic mass is 10.00. The van der Waals surface area contributed by atoms with Gasteiger partial charge in [0, 0.05) is 19.1 Å². The molecule has 0 saturated carbocycles. The lowest BCUT2D eigenvalue weighted by molar-refractivity contribution is 0.140. The average Bonchev–Trinajstić information content (AvgIpc) is 2.58. The maximum atomic E-state index is 12.5. The van der Waals surface area contributed by atoms with E-state index in [2.05, 4.69) is 16.8 Å². The number of piperidine rings is 1. The molecular weight excluding hydrogens is 290 g/mol. The summed E-state index contributed by atoms with van der Waals surface area (Å²) in [6, 6.07) is 7.84. The molecular formula is C18H25N3O2. The third-order valence-corrected chi connectivity index (χ3v) is 4.94. The van der Waals surface area contributed by atoms with Gasteiger partial charge in [0.1, 0.15) is 0 Å². The number of aromatic amines is 1. The van der Waals surface area contributed by atoms with Crippen LogP contribution in [0.3, 0.4) is 0 Å². The summed E-state index contributed by atoms with van der Waals surface area (Å²) in [4.78, 5) is 30.0. The highest BCUT2D eigenvalue weighted by Gasteiger charge is 2.20. The summed E-state index contributed by atoms with van der Waals surface area (Å²) in [6.45, 7) is 4.81. The van der Waals surface area contributed by atoms with Crippen LogP contribution in [0.15, 0.2) is 33.9 Å². The fourth-order valence-corrected chi connectivity index (χ4v) is 3.65. The van der Waals surface area contributed by atoms with Gasteiger partial charge in [-0.25, -0.2) is 4.79 Å². The molecule has 3 rings (SSSR count). The molecule has 2 aromatic rings. The zero-order valence-corrected chi connectivity index (χ0v) is 13.8. The maximum Gasteiger partial charge on any atom is 0.328 e. The van der Waals surface area contributed by atoms with Crippen LogP contribution in [0.1, 0.15) is 39.0 Å². The van der Waals surface area contributed by atoms with Gasteiger partial charge in [0.25, 0.3) is 5.56 Å². The second-order valence-electron chi connectivity index (χ2n) is 6.38. The number of H-pyrrole nitrogens is 1. The van der Waals surface area contributed by atoms with Crippen molar-refractivity contribution < 1.29 is 0 Å². The van der Waals surface area contributed by atoms with Crippen LogP contribution >= 0.6 is 0 Å². The van der Waals surface area contributed by atoms with Gasteiger partial charge in [0.05, 0.1) is 10.9 Å². The van der Waals surface area contributed by atoms with Crippen LogP contribution in [0.2, 0.25) is 0 Å². The Balaban J connectivity index is 1.72. The lowest BCUT2D eigenvalue weighted by Gasteiger charge is -2.35. The summed E-state index contributed by atoms with van der Waals surface area (Å²) in [7, 11) is 0. The fourth-order valence-electron chi connectivity index (χ4n) is 3.65. The van der Waals surface area contributed by atoms with Crippen molar-refractivity contribution in [2.24, 2.45) is 0 Å². The Labute approximate surface area is 135 Å². The number of hydrogen-bond donors (Lipinski definition) is 1. The van der Waals surface area contributed by atoms with Gasteiger partial charge in [-0.15, -0.1) is 0 Å². The van der Waals surface area contributed by atoms with Crippen molar-refractivity contribution in [2.75, 3.05) is 13.1 Å². The van der Waals surface area contributed by atoms with Crippen molar-refractivity contribution >= 4 is 10.9 Å². The average molecular weight is 315 g/mol. The van der Waals surface area contributed by atoms with E-state index < -0.39 is 0 Å². The third kappa shape index (κ3) is 3.39. The van der Waals surface area contributed by atoms with E-state index in [1.165, 1.54) is 30.3 Å². The first-order valence-electron chi connectivity index (χ1n) is 8.66. The van der Waals surface area contributed by atoms with Crippen LogP contribution in [0.4, 0.5) is 0 Å². The highest BCUT2D eigenvalue weighted by molar-refractivity contribution is 5.76. The second kappa shape index (κ2) is 7.13. The molecule has 1 aromatic heterocycles. The monoisotopic (exact) mass is 315 g/mol. The molecule has 0 spiro atoms. The Bertz CT molecular complexity index is 778. The van der Waals surface area contributed by atoms with Crippen LogP contribution in [0, 0.1) is 0 Å². The number of nitrogens with zero attached hydrogens (tertiary/aromatic N) is 2. The van der Waals surface area contributed by atoms with Crippen LogP contribution in [0.25, 0.3) is 10.9 Å². The molecule has 2 heterocycles. The van der Waals surface area contributed by atoms with Gasteiger partial charge in [0.15, 0.2) is 0 Å². The summed E-state index contributed by atoms with van der Waals surface area (Å²) in [5.74, 6) is 0. The summed E-state index contributed by atoms with van der Waals surface area (Å²) in [6.07, 6.45) is 5.85. The minimum Gasteiger partial charge on any atom is -0.307 e. The zero-order chi connectivity index (χ0) is 16.2. The molecule has 23 heavy (non-hydrogen) atoms. The molecule has 0 aliphatic carbocycles. The highest BCUT2D eigenvalue weighted by atomic mass is 16.2. The Kier molecular flexibility index (Phi) is 4.96. The lowest BCUT2D eigenvalue weighted by Crippen LogP contribution is -2.41. The topological polar surface area (TPSA) is 58.1 Å². The van der Waals surface area contributed by atoms with Crippen molar-refractivity contribution in [1.29, 1.82) is 0 Å². The molecule has 1 unspecified atom stereocenters. The molecule has 1 aliphatic rings. The largest absolute Gasteiger partial charge is 0.328 e. The normalized spacial score (nSPS) is 19.3. The molecule has 0 radical (unpaired) electrons. The van der Waals surface area contributed by atoms with E-state index in [0.29, 0.717) is 23.5 Å². The summed E-state index contributed by atoms with van der Waals surface area (Å²) < 4.78 is 1.34. The van der Waals surface area contributed by atoms with Crippen LogP contribution < -0.4 is 11.2 Å². The van der Waals surface area contributed by atoms with E-state index in [9.17, 15) is 9.59 Å². The van der Waals surface area contributed by atoms with E-state index in [4.69, 9.17) is 0 Å². The Morgan fingerprint density at radius 2 is 2.00 bits per heavy atom. The molecule has 5 nitrogen and oxygen atoms in total. The van der Waals surface area contributed by atoms with Gasteiger partial charge in [-0.05, 0) is 44.4 Å². The molecule has 124 valence electrons. The van der Waals surface area contributed by atoms with Gasteiger partial charge in [0.2, 0.25) is 0 Å². The quantitative estimate of drug-likeness (QED) is 0.921. The number of fused-ring (bicyclic) bond motifs is 1. The van der Waals surface area contributed by atoms with Crippen molar-refractivity contribution in [3.05, 3.63) is 45.1 Å². The van der Waals surface area contributed by atoms with Crippen LogP contribution in [-0.4, -0.2) is 33.6 Å². The predicted molar refractivity (Wildman–Crippen MR) is 92.9 cm³/mol. The number of aromatic nitrogens is 2. The standard InChI is InChI=1S/C18H25N3O2/c1-2-14-8-5-6-11-20(14)12-7-13-21-17(22)15-9-3-4-10-16(15)19-18(21)23/h3-4,9-10,14H,2,5-8,11-13H2,1H3,(H,19,23). The van der Waals surface area contributed by atoms with E-state index in [1.807, 2.05) is 12.1 Å². The van der Waals surface area contributed by atoms with Gasteiger partial charge < -0.3 is 9.88 Å². The molecule has 1 aliphatic heterocycles. The molecule has 5 heteroatoms. The Morgan fingerprint density at radius 3 is 2.83 bits per heavy atom. The van der Waals surface area contributed by atoms with E-state index in [0.717, 1.165) is 19.5 Å². The van der Waals surface area contributed by atoms with Gasteiger partial charge in [-0.1, -0.05) is 25.5 Å². The Hall–Kier alpha value is -1.88. The first-order valence-corrected chi connectivity index (χ1v) is 8.66. The number of nitrogens with one attached hydrogen (secondary N) is 1. The van der Waals surface area contributed by atoms with Gasteiger partial charge >= 0.3 is 5.69 Å². The fraction of sp³-hybridized carbons (Fsp3) is 0.556. The van der Waals surface area contributed by atoms with Gasteiger partial charge in [-0.3, -0.25) is 9.36 Å². The number of rotatable bonds is 5. The molecule has 0 bridgehead atoms. The first kappa shape index (κ1) is 16.0. The van der Waals surface area contributed by atoms with Crippen molar-refractivity contribution in [2.45, 2.75) is 51.6 Å². The minimum atomic E-state index is -0.306. The van der Waals surface area contributed by atoms with E-state index in [1.54, 1.807) is 12.1 Å². The molecule has 0 amide bonds. The van der Waals surface area contributed by atoms with Crippen molar-refractivity contribution in [3.8, 4) is 0 Å². The second-order valence-corrected chi connectivity index (χ2v) is 6.38. The van der Waals surface area contributed by atoms with Crippen molar-refractivity contribution in [3.63, 3.8) is 0 Å². The van der Waals surface area contributed by atoms with Crippen LogP contribution in [-0.2, 0) is 6.54 Å². The highest BCUT2D eigenvalue weighted by Crippen LogP contribution is 2.19. The number of hydrogen-bond acceptors (Lipinski definition) is 3. The molecule has 1 aromatic carbocycles. The number of para-hydroxylation sites is 1. The summed E-state index contributed by atoms with van der Waals surface area (Å²) >= 11 is 0. The van der Waals surface area contributed by atoms with Crippen molar-refractivity contribution in [1.82, 2.24) is 14.5 Å².